The van der Waals surface area contributed by atoms with E-state index in [9.17, 15) is 49.6 Å². The number of carbonyl (C=O) groups excluding carboxylic acids is 4. The van der Waals surface area contributed by atoms with Crippen molar-refractivity contribution in [2.45, 2.75) is 115 Å². The molecule has 19 nitrogen and oxygen atoms in total. The number of hydrogen-bond donors (Lipinski definition) is 3. The first-order chi connectivity index (χ1) is 50.8. The van der Waals surface area contributed by atoms with Crippen LogP contribution in [0.2, 0.25) is 0 Å². The van der Waals surface area contributed by atoms with E-state index in [2.05, 4.69) is 146 Å². The Balaban J connectivity index is 0.000000149. The lowest BCUT2D eigenvalue weighted by Crippen LogP contribution is -2.54. The second kappa shape index (κ2) is 37.5. The first-order valence-corrected chi connectivity index (χ1v) is 36.5. The Labute approximate surface area is 616 Å². The summed E-state index contributed by atoms with van der Waals surface area (Å²) in [6, 6.07) is 53.6. The number of pyridine rings is 2. The maximum absolute atomic E-state index is 12.4. The van der Waals surface area contributed by atoms with E-state index in [1.54, 1.807) is 54.6 Å². The van der Waals surface area contributed by atoms with Crippen molar-refractivity contribution in [3.05, 3.63) is 256 Å². The van der Waals surface area contributed by atoms with E-state index >= 15 is 0 Å². The summed E-state index contributed by atoms with van der Waals surface area (Å²) < 4.78 is 9.25. The predicted molar refractivity (Wildman–Crippen MR) is 416 cm³/mol. The van der Waals surface area contributed by atoms with Crippen LogP contribution in [0.5, 0.6) is 11.5 Å². The third-order valence-corrected chi connectivity index (χ3v) is 22.1. The third kappa shape index (κ3) is 19.0. The molecule has 17 rings (SSSR count). The first kappa shape index (κ1) is 78.9. The minimum Gasteiger partial charge on any atom is -0.508 e. The van der Waals surface area contributed by atoms with Crippen molar-refractivity contribution < 1.29 is 48.7 Å². The number of aromatic hydroxyl groups is 2. The van der Waals surface area contributed by atoms with Gasteiger partial charge in [-0.1, -0.05) is 141 Å². The standard InChI is InChI=1S/2C20H24N2O.C15H17NO5.C15H12.C8H7NO2.C7H10O3.H2NP/c2*1-3-14-12-22-9-7-15(14)10-20(22)13(2)17-6-8-21-19-5-4-16(23)11-18(17)19;1-21-14(18)15(9-5-8-13(15)17)12(10-16(19)20)11-6-3-2-4-7-11;1-11-10-12-6-2-3-8-14(12)15-9-5-4-7-13(11)15;10-9(11)7-6-8-4-2-1-3-5-8;1-10-7(9)5-3-2-4-6(5)8;1-2/h2*3-6,8,11,13-15,20,23H,1,7,9-10,12H2,2H3;2-4,6-7,12H,5,8-10H2,1H3;2-10H,1H3;1-7H;5H,2-4H2,1H3;1-2H/b;;;;7-6+;;/t2*13-,14?,15?,20?;12-,15+;;;;/m101..../s1. The summed E-state index contributed by atoms with van der Waals surface area (Å²) in [6.45, 7) is 19.1. The molecular formula is C85H96N7O12P. The van der Waals surface area contributed by atoms with Crippen molar-refractivity contribution >= 4 is 82.0 Å². The minimum absolute atomic E-state index is 0.0341. The Bertz CT molecular complexity index is 4430. The summed E-state index contributed by atoms with van der Waals surface area (Å²) in [7, 11) is 4.75. The molecule has 8 fully saturated rings. The number of nitro groups is 2. The highest BCUT2D eigenvalue weighted by molar-refractivity contribution is 7.02. The number of fused-ring (bicyclic) bond motifs is 11. The van der Waals surface area contributed by atoms with E-state index in [1.807, 2.05) is 54.9 Å². The van der Waals surface area contributed by atoms with Crippen molar-refractivity contribution in [1.82, 2.24) is 19.8 Å². The van der Waals surface area contributed by atoms with Crippen molar-refractivity contribution in [3.8, 4) is 11.5 Å². The highest BCUT2D eigenvalue weighted by atomic mass is 31.0. The van der Waals surface area contributed by atoms with E-state index in [-0.39, 0.29) is 24.0 Å². The van der Waals surface area contributed by atoms with Gasteiger partial charge >= 0.3 is 11.9 Å². The molecule has 7 aromatic carbocycles. The second-order valence-corrected chi connectivity index (χ2v) is 27.9. The number of nitrogens with one attached hydrogen (secondary N) is 1. The number of aromatic nitrogens is 2. The summed E-state index contributed by atoms with van der Waals surface area (Å²) in [5, 5.41) is 53.8. The Hall–Kier alpha value is -10.2. The monoisotopic (exact) mass is 1440 g/mol. The van der Waals surface area contributed by atoms with E-state index in [0.717, 1.165) is 64.9 Å². The molecule has 105 heavy (non-hydrogen) atoms. The van der Waals surface area contributed by atoms with Crippen LogP contribution >= 0.6 is 9.03 Å². The maximum Gasteiger partial charge on any atom is 0.320 e. The van der Waals surface area contributed by atoms with Crippen LogP contribution in [-0.2, 0) is 28.7 Å². The summed E-state index contributed by atoms with van der Waals surface area (Å²) >= 11 is 0. The fourth-order valence-corrected chi connectivity index (χ4v) is 16.7. The van der Waals surface area contributed by atoms with E-state index in [0.29, 0.717) is 78.5 Å². The number of phenols is 2. The van der Waals surface area contributed by atoms with Crippen LogP contribution < -0.4 is 0 Å². The van der Waals surface area contributed by atoms with Crippen LogP contribution in [0.4, 0.5) is 0 Å². The van der Waals surface area contributed by atoms with Gasteiger partial charge in [0.2, 0.25) is 12.7 Å². The first-order valence-electron chi connectivity index (χ1n) is 36.0. The zero-order chi connectivity index (χ0) is 75.3. The van der Waals surface area contributed by atoms with Gasteiger partial charge < -0.3 is 19.7 Å². The molecular weight excluding hydrogens is 1340 g/mol. The zero-order valence-corrected chi connectivity index (χ0v) is 61.5. The lowest BCUT2D eigenvalue weighted by Gasteiger charge is -2.51. The summed E-state index contributed by atoms with van der Waals surface area (Å²) in [4.78, 5) is 80.5. The van der Waals surface area contributed by atoms with Crippen LogP contribution in [0, 0.1) is 67.3 Å². The molecule has 4 bridgehead atoms. The fourth-order valence-electron chi connectivity index (χ4n) is 16.7. The van der Waals surface area contributed by atoms with Gasteiger partial charge in [0.15, 0.2) is 5.78 Å². The highest BCUT2D eigenvalue weighted by Crippen LogP contribution is 2.49. The Morgan fingerprint density at radius 2 is 1.17 bits per heavy atom. The van der Waals surface area contributed by atoms with Gasteiger partial charge in [0, 0.05) is 72.2 Å². The van der Waals surface area contributed by atoms with Gasteiger partial charge in [0.25, 0.3) is 0 Å². The summed E-state index contributed by atoms with van der Waals surface area (Å²) in [5.41, 5.74) is 5.92. The predicted octanol–water partition coefficient (Wildman–Crippen LogP) is 17.5. The molecule has 3 N–H and O–H groups in total. The van der Waals surface area contributed by atoms with Gasteiger partial charge in [-0.2, -0.15) is 0 Å². The molecule has 2 aromatic heterocycles. The largest absolute Gasteiger partial charge is 0.508 e. The third-order valence-electron chi connectivity index (χ3n) is 22.1. The molecule has 8 heterocycles. The number of nitrogens with zero attached hydrogens (tertiary/aromatic N) is 6. The van der Waals surface area contributed by atoms with Crippen molar-refractivity contribution in [1.29, 1.82) is 5.16 Å². The topological polar surface area (TPSA) is 270 Å². The minimum atomic E-state index is -1.43. The van der Waals surface area contributed by atoms with E-state index < -0.39 is 39.6 Å². The number of ether oxygens (including phenoxy) is 2. The Morgan fingerprint density at radius 1 is 0.657 bits per heavy atom. The number of ketones is 2. The molecule has 8 aliphatic rings. The van der Waals surface area contributed by atoms with E-state index in [1.165, 1.54) is 97.3 Å². The van der Waals surface area contributed by atoms with Crippen molar-refractivity contribution in [3.63, 3.8) is 0 Å². The summed E-state index contributed by atoms with van der Waals surface area (Å²) in [5.74, 6) is 1.88. The van der Waals surface area contributed by atoms with Gasteiger partial charge in [-0.05, 0) is 214 Å². The summed E-state index contributed by atoms with van der Waals surface area (Å²) in [6.07, 6.45) is 18.7. The molecule has 6 aliphatic heterocycles. The molecule has 0 spiro atoms. The number of esters is 2. The maximum atomic E-state index is 12.4. The molecule has 9 unspecified atom stereocenters. The molecule has 2 saturated carbocycles. The van der Waals surface area contributed by atoms with Crippen LogP contribution in [0.15, 0.2) is 208 Å². The molecule has 9 aromatic rings. The second-order valence-electron chi connectivity index (χ2n) is 27.9. The average molecular weight is 1440 g/mol. The van der Waals surface area contributed by atoms with Crippen molar-refractivity contribution in [2.24, 2.45) is 35.0 Å². The fraction of sp³-hybridized carbons (Fsp3) is 0.365. The lowest BCUT2D eigenvalue weighted by molar-refractivity contribution is -0.485. The Kier molecular flexibility index (Phi) is 28.2. The molecule has 0 amide bonds. The number of rotatable bonds is 14. The number of carbonyl (C=O) groups is 4. The number of hydrogen-bond acceptors (Lipinski definition) is 17. The molecule has 20 heteroatoms. The van der Waals surface area contributed by atoms with Crippen LogP contribution in [0.3, 0.4) is 0 Å². The van der Waals surface area contributed by atoms with Gasteiger partial charge in [-0.15, -0.1) is 13.2 Å². The quantitative estimate of drug-likeness (QED) is 0.0174. The molecule has 6 saturated heterocycles. The Morgan fingerprint density at radius 3 is 1.63 bits per heavy atom. The van der Waals surface area contributed by atoms with Gasteiger partial charge in [-0.25, -0.2) is 0 Å². The van der Waals surface area contributed by atoms with Gasteiger partial charge in [0.1, 0.15) is 28.6 Å². The van der Waals surface area contributed by atoms with Crippen LogP contribution in [0.1, 0.15) is 124 Å². The number of Topliss-reactive ketones (excluding diaryl/α,β-unsaturated/α-hetero) is 2. The molecule has 13 atom stereocenters. The van der Waals surface area contributed by atoms with E-state index in [4.69, 9.17) is 9.90 Å². The number of benzene rings is 7. The number of methoxy groups -OCH3 is 2. The van der Waals surface area contributed by atoms with Gasteiger partial charge in [0.05, 0.1) is 36.1 Å². The SMILES string of the molecule is C=CC1CN2CCC1CC2[C@@H](C)c1ccnc2ccc(O)cc12.C=CC1CN2CCC1CC2[C@H](C)c1ccnc2ccc(O)cc12.COC(=O)C1CCCC1=O.COC(=O)[C@]1([C@H](C[N+](=O)[O-])c2ccccc2)CCCC1=O.Cc1cc2ccccc2c2ccccc12.N=P.O=[N+]([O-])/C=C/c1ccccc1. The highest BCUT2D eigenvalue weighted by Gasteiger charge is 2.57. The molecule has 0 radical (unpaired) electrons. The normalized spacial score (nSPS) is 23.3. The number of aryl methyl sites for hydroxylation is 1. The number of phenolic OH excluding ortho intramolecular Hbond substituents is 2. The molecule has 2 aliphatic carbocycles. The van der Waals surface area contributed by atoms with Crippen LogP contribution in [0.25, 0.3) is 49.4 Å². The molecule has 548 valence electrons. The smallest absolute Gasteiger partial charge is 0.320 e. The van der Waals surface area contributed by atoms with Crippen molar-refractivity contribution in [2.75, 3.05) is 46.9 Å². The number of piperidine rings is 6. The average Bonchev–Trinajstić information content (AvgIpc) is 1.74. The lowest BCUT2D eigenvalue weighted by atomic mass is 9.70. The van der Waals surface area contributed by atoms with Crippen LogP contribution in [-0.4, -0.2) is 122 Å². The zero-order valence-electron chi connectivity index (χ0n) is 60.5. The van der Waals surface area contributed by atoms with Gasteiger partial charge in [-0.3, -0.25) is 64.3 Å².